The smallest absolute Gasteiger partial charge is 0.206 e. The average molecular weight is 385 g/mol. The van der Waals surface area contributed by atoms with Crippen LogP contribution >= 0.6 is 49.0 Å². The average Bonchev–Trinajstić information content (AvgIpc) is 2.50. The van der Waals surface area contributed by atoms with Gasteiger partial charge in [-0.05, 0) is 26.8 Å². The molecule has 0 radical (unpaired) electrons. The highest BCUT2D eigenvalue weighted by atomic mass is 32.2. The van der Waals surface area contributed by atoms with Crippen LogP contribution in [0.3, 0.4) is 0 Å². The molecule has 130 valence electrons. The first kappa shape index (κ1) is 22.7. The Labute approximate surface area is 154 Å². The van der Waals surface area contributed by atoms with Gasteiger partial charge in [0.05, 0.1) is 12.1 Å². The highest BCUT2D eigenvalue weighted by Crippen LogP contribution is 2.29. The minimum Gasteiger partial charge on any atom is -0.309 e. The van der Waals surface area contributed by atoms with Gasteiger partial charge >= 0.3 is 0 Å². The molecule has 0 saturated heterocycles. The van der Waals surface area contributed by atoms with E-state index in [0.29, 0.717) is 11.5 Å². The molecule has 0 bridgehead atoms. The summed E-state index contributed by atoms with van der Waals surface area (Å²) in [7, 11) is 1.78. The van der Waals surface area contributed by atoms with Crippen molar-refractivity contribution in [2.75, 3.05) is 18.6 Å². The van der Waals surface area contributed by atoms with Gasteiger partial charge in [-0.15, -0.1) is 0 Å². The van der Waals surface area contributed by atoms with Crippen LogP contribution in [0.25, 0.3) is 0 Å². The number of ketones is 1. The molecule has 0 aliphatic heterocycles. The summed E-state index contributed by atoms with van der Waals surface area (Å²) in [6, 6.07) is -0.469. The van der Waals surface area contributed by atoms with Crippen molar-refractivity contribution in [2.45, 2.75) is 56.2 Å². The number of hydrogen-bond donors (Lipinski definition) is 4. The van der Waals surface area contributed by atoms with Crippen LogP contribution < -0.4 is 10.0 Å². The normalized spacial score (nSPS) is 16.8. The largest absolute Gasteiger partial charge is 0.309 e. The van der Waals surface area contributed by atoms with E-state index in [1.54, 1.807) is 25.9 Å². The number of carbonyl (C=O) groups excluding carboxylic acids is 2. The zero-order chi connectivity index (χ0) is 17.1. The van der Waals surface area contributed by atoms with Gasteiger partial charge in [-0.2, -0.15) is 25.3 Å². The fraction of sp³-hybridized carbons (Fsp3) is 0.857. The van der Waals surface area contributed by atoms with E-state index in [1.165, 1.54) is 11.8 Å². The number of thioether (sulfide) groups is 1. The molecule has 0 rings (SSSR count). The van der Waals surface area contributed by atoms with Crippen molar-refractivity contribution in [1.82, 2.24) is 10.0 Å². The third-order valence-corrected chi connectivity index (χ3v) is 7.11. The summed E-state index contributed by atoms with van der Waals surface area (Å²) in [6.07, 6.45) is 1.83. The van der Waals surface area contributed by atoms with Crippen molar-refractivity contribution >= 4 is 59.9 Å². The minimum atomic E-state index is -0.247. The van der Waals surface area contributed by atoms with E-state index in [2.05, 4.69) is 49.1 Å². The lowest BCUT2D eigenvalue weighted by molar-refractivity contribution is -0.118. The minimum absolute atomic E-state index is 0.0828. The fourth-order valence-corrected chi connectivity index (χ4v) is 5.33. The zero-order valence-electron chi connectivity index (χ0n) is 13.7. The van der Waals surface area contributed by atoms with E-state index in [-0.39, 0.29) is 33.5 Å². The lowest BCUT2D eigenvalue weighted by Crippen LogP contribution is -2.38. The predicted molar refractivity (Wildman–Crippen MR) is 107 cm³/mol. The Morgan fingerprint density at radius 3 is 1.95 bits per heavy atom. The van der Waals surface area contributed by atoms with Crippen molar-refractivity contribution in [2.24, 2.45) is 0 Å². The van der Waals surface area contributed by atoms with Crippen LogP contribution in [0.15, 0.2) is 0 Å². The van der Waals surface area contributed by atoms with Gasteiger partial charge in [0.25, 0.3) is 0 Å². The summed E-state index contributed by atoms with van der Waals surface area (Å²) in [5, 5.41) is 3.58. The van der Waals surface area contributed by atoms with Crippen molar-refractivity contribution in [3.63, 3.8) is 0 Å². The Kier molecular flexibility index (Phi) is 13.4. The first-order chi connectivity index (χ1) is 10.4. The summed E-state index contributed by atoms with van der Waals surface area (Å²) >= 11 is 11.3. The molecule has 0 aromatic carbocycles. The Hall–Kier alpha value is 0.660. The second-order valence-electron chi connectivity index (χ2n) is 4.94. The third-order valence-electron chi connectivity index (χ3n) is 3.34. The predicted octanol–water partition coefficient (Wildman–Crippen LogP) is 2.45. The number of rotatable bonds is 12. The molecule has 0 aliphatic rings. The van der Waals surface area contributed by atoms with Gasteiger partial charge in [-0.1, -0.05) is 37.6 Å². The first-order valence-corrected chi connectivity index (χ1v) is 10.5. The second kappa shape index (κ2) is 13.0. The molecule has 0 aromatic rings. The quantitative estimate of drug-likeness (QED) is 0.306. The lowest BCUT2D eigenvalue weighted by atomic mass is 10.2. The van der Waals surface area contributed by atoms with Gasteiger partial charge in [0.2, 0.25) is 5.12 Å². The monoisotopic (exact) mass is 384 g/mol. The molecule has 22 heavy (non-hydrogen) atoms. The highest BCUT2D eigenvalue weighted by Gasteiger charge is 2.27. The van der Waals surface area contributed by atoms with Crippen LogP contribution in [0.1, 0.15) is 33.6 Å². The van der Waals surface area contributed by atoms with E-state index in [4.69, 9.17) is 0 Å². The number of hydrogen-bond acceptors (Lipinski definition) is 8. The SMILES string of the molecule is CCC(SN[C@@H](CS)C(C)=O)C(CC)SC(=O)[C@H](CS)NC. The molecule has 0 saturated carbocycles. The number of Topliss-reactive ketones (excluding diaryl/α,β-unsaturated/α-hetero) is 1. The molecule has 0 fully saturated rings. The van der Waals surface area contributed by atoms with Crippen LogP contribution in [0, 0.1) is 0 Å². The summed E-state index contributed by atoms with van der Waals surface area (Å²) in [6.45, 7) is 5.75. The van der Waals surface area contributed by atoms with E-state index in [9.17, 15) is 9.59 Å². The second-order valence-corrected chi connectivity index (χ2v) is 7.99. The Balaban J connectivity index is 4.65. The highest BCUT2D eigenvalue weighted by molar-refractivity contribution is 8.15. The van der Waals surface area contributed by atoms with Gasteiger partial charge in [0, 0.05) is 22.0 Å². The van der Waals surface area contributed by atoms with Gasteiger partial charge in [-0.25, -0.2) is 0 Å². The number of thiol groups is 2. The molecule has 0 aromatic heterocycles. The van der Waals surface area contributed by atoms with Crippen molar-refractivity contribution in [3.05, 3.63) is 0 Å². The van der Waals surface area contributed by atoms with Crippen LogP contribution in [0.2, 0.25) is 0 Å². The molecule has 0 spiro atoms. The zero-order valence-corrected chi connectivity index (χ0v) is 17.1. The number of likely N-dealkylation sites (N-methyl/N-ethyl adjacent to an activating group) is 1. The Bertz CT molecular complexity index is 341. The number of nitrogens with one attached hydrogen (secondary N) is 2. The molecule has 0 aliphatic carbocycles. The van der Waals surface area contributed by atoms with Crippen molar-refractivity contribution in [3.8, 4) is 0 Å². The number of carbonyl (C=O) groups is 2. The molecule has 8 heteroatoms. The van der Waals surface area contributed by atoms with Gasteiger partial charge < -0.3 is 5.32 Å². The van der Waals surface area contributed by atoms with E-state index < -0.39 is 0 Å². The third kappa shape index (κ3) is 7.97. The van der Waals surface area contributed by atoms with Gasteiger partial charge in [-0.3, -0.25) is 14.3 Å². The molecule has 4 atom stereocenters. The molecule has 0 heterocycles. The molecular formula is C14H28N2O2S4. The van der Waals surface area contributed by atoms with Gasteiger partial charge in [0.15, 0.2) is 0 Å². The molecule has 4 nitrogen and oxygen atoms in total. The summed E-state index contributed by atoms with van der Waals surface area (Å²) in [4.78, 5) is 23.7. The first-order valence-electron chi connectivity index (χ1n) is 7.46. The topological polar surface area (TPSA) is 58.2 Å². The molecular weight excluding hydrogens is 356 g/mol. The van der Waals surface area contributed by atoms with E-state index >= 15 is 0 Å². The maximum Gasteiger partial charge on any atom is 0.206 e. The molecule has 2 N–H and O–H groups in total. The summed E-state index contributed by atoms with van der Waals surface area (Å²) in [5.74, 6) is 1.05. The van der Waals surface area contributed by atoms with Crippen molar-refractivity contribution < 1.29 is 9.59 Å². The van der Waals surface area contributed by atoms with Crippen LogP contribution in [0.5, 0.6) is 0 Å². The maximum absolute atomic E-state index is 12.3. The standard InChI is InChI=1S/C14H28N2O2S4/c1-5-12(21-14(18)11(8-20)15-4)13(6-2)22-16-10(7-19)9(3)17/h10-13,15-16,19-20H,5-8H2,1-4H3/t10-,11-,12?,13?/m0/s1. The summed E-state index contributed by atoms with van der Waals surface area (Å²) < 4.78 is 3.20. The molecule has 0 amide bonds. The Morgan fingerprint density at radius 2 is 1.59 bits per heavy atom. The summed E-state index contributed by atoms with van der Waals surface area (Å²) in [5.41, 5.74) is 0. The lowest BCUT2D eigenvalue weighted by Gasteiger charge is -2.26. The van der Waals surface area contributed by atoms with Crippen molar-refractivity contribution in [1.29, 1.82) is 0 Å². The fourth-order valence-electron chi connectivity index (χ4n) is 1.78. The van der Waals surface area contributed by atoms with Gasteiger partial charge in [0.1, 0.15) is 5.78 Å². The Morgan fingerprint density at radius 1 is 1.05 bits per heavy atom. The van der Waals surface area contributed by atoms with E-state index in [1.807, 2.05) is 0 Å². The van der Waals surface area contributed by atoms with Crippen LogP contribution in [-0.2, 0) is 9.59 Å². The van der Waals surface area contributed by atoms with Crippen LogP contribution in [-0.4, -0.2) is 52.0 Å². The van der Waals surface area contributed by atoms with Crippen LogP contribution in [0.4, 0.5) is 0 Å². The molecule has 2 unspecified atom stereocenters. The van der Waals surface area contributed by atoms with E-state index in [0.717, 1.165) is 12.8 Å². The maximum atomic E-state index is 12.3.